The van der Waals surface area contributed by atoms with Crippen LogP contribution in [0.1, 0.15) is 5.56 Å². The SMILES string of the molecule is NC(=N/N=C\c1ccccc1)NNCC(=O)O. The molecule has 0 aliphatic carbocycles. The van der Waals surface area contributed by atoms with Crippen molar-refractivity contribution in [1.82, 2.24) is 10.9 Å². The molecule has 0 aliphatic heterocycles. The summed E-state index contributed by atoms with van der Waals surface area (Å²) in [6.45, 7) is -0.265. The van der Waals surface area contributed by atoms with Crippen LogP contribution in [0.25, 0.3) is 0 Å². The largest absolute Gasteiger partial charge is 0.480 e. The van der Waals surface area contributed by atoms with Crippen molar-refractivity contribution in [3.63, 3.8) is 0 Å². The van der Waals surface area contributed by atoms with Gasteiger partial charge in [-0.15, -0.1) is 5.10 Å². The number of carboxylic acids is 1. The van der Waals surface area contributed by atoms with E-state index in [1.54, 1.807) is 0 Å². The zero-order valence-electron chi connectivity index (χ0n) is 9.00. The van der Waals surface area contributed by atoms with Crippen LogP contribution < -0.4 is 16.6 Å². The highest BCUT2D eigenvalue weighted by Crippen LogP contribution is 1.93. The minimum atomic E-state index is -1.00. The van der Waals surface area contributed by atoms with E-state index in [4.69, 9.17) is 10.8 Å². The third kappa shape index (κ3) is 5.90. The number of nitrogens with two attached hydrogens (primary N) is 1. The molecule has 1 rings (SSSR count). The molecule has 0 unspecified atom stereocenters. The molecular formula is C10H13N5O2. The molecule has 0 saturated heterocycles. The molecule has 7 heteroatoms. The minimum absolute atomic E-state index is 0.0153. The van der Waals surface area contributed by atoms with Crippen LogP contribution in [0.2, 0.25) is 0 Å². The molecule has 90 valence electrons. The third-order valence-electron chi connectivity index (χ3n) is 1.63. The molecule has 5 N–H and O–H groups in total. The van der Waals surface area contributed by atoms with Gasteiger partial charge in [0.1, 0.15) is 6.54 Å². The van der Waals surface area contributed by atoms with Crippen molar-refractivity contribution >= 4 is 18.1 Å². The highest BCUT2D eigenvalue weighted by atomic mass is 16.4. The highest BCUT2D eigenvalue weighted by Gasteiger charge is 1.94. The first-order valence-electron chi connectivity index (χ1n) is 4.80. The third-order valence-corrected chi connectivity index (χ3v) is 1.63. The van der Waals surface area contributed by atoms with Crippen LogP contribution in [-0.2, 0) is 4.79 Å². The van der Waals surface area contributed by atoms with Gasteiger partial charge >= 0.3 is 5.97 Å². The average Bonchev–Trinajstić information content (AvgIpc) is 2.30. The van der Waals surface area contributed by atoms with Crippen molar-refractivity contribution in [1.29, 1.82) is 0 Å². The van der Waals surface area contributed by atoms with Crippen LogP contribution in [0.15, 0.2) is 40.5 Å². The molecule has 0 aliphatic rings. The summed E-state index contributed by atoms with van der Waals surface area (Å²) in [5.74, 6) is -1.02. The van der Waals surface area contributed by atoms with Crippen molar-refractivity contribution in [2.75, 3.05) is 6.54 Å². The van der Waals surface area contributed by atoms with Gasteiger partial charge in [-0.25, -0.2) is 5.43 Å². The van der Waals surface area contributed by atoms with Crippen molar-refractivity contribution < 1.29 is 9.90 Å². The fraction of sp³-hybridized carbons (Fsp3) is 0.100. The molecule has 0 aromatic heterocycles. The molecule has 0 atom stereocenters. The zero-order valence-corrected chi connectivity index (χ0v) is 9.00. The Balaban J connectivity index is 2.37. The number of nitrogens with one attached hydrogen (secondary N) is 2. The molecule has 17 heavy (non-hydrogen) atoms. The number of carbonyl (C=O) groups is 1. The van der Waals surface area contributed by atoms with Crippen molar-refractivity contribution in [2.24, 2.45) is 15.9 Å². The summed E-state index contributed by atoms with van der Waals surface area (Å²) in [5.41, 5.74) is 11.0. The fourth-order valence-corrected chi connectivity index (χ4v) is 0.932. The van der Waals surface area contributed by atoms with Crippen molar-refractivity contribution in [3.8, 4) is 0 Å². The second kappa shape index (κ2) is 6.96. The van der Waals surface area contributed by atoms with Gasteiger partial charge in [-0.05, 0) is 5.56 Å². The molecule has 0 amide bonds. The topological polar surface area (TPSA) is 112 Å². The Hall–Kier alpha value is -2.41. The lowest BCUT2D eigenvalue weighted by Crippen LogP contribution is -2.44. The molecule has 0 fully saturated rings. The zero-order chi connectivity index (χ0) is 12.5. The van der Waals surface area contributed by atoms with E-state index in [1.165, 1.54) is 6.21 Å². The molecular weight excluding hydrogens is 222 g/mol. The number of guanidine groups is 1. The van der Waals surface area contributed by atoms with E-state index in [1.807, 2.05) is 30.3 Å². The highest BCUT2D eigenvalue weighted by molar-refractivity contribution is 5.82. The molecule has 7 nitrogen and oxygen atoms in total. The lowest BCUT2D eigenvalue weighted by atomic mass is 10.2. The maximum absolute atomic E-state index is 10.2. The van der Waals surface area contributed by atoms with Gasteiger partial charge in [-0.2, -0.15) is 5.10 Å². The van der Waals surface area contributed by atoms with Gasteiger partial charge in [-0.1, -0.05) is 30.3 Å². The number of benzene rings is 1. The summed E-state index contributed by atoms with van der Waals surface area (Å²) >= 11 is 0. The first-order chi connectivity index (χ1) is 8.18. The van der Waals surface area contributed by atoms with E-state index in [9.17, 15) is 4.79 Å². The molecule has 1 aromatic carbocycles. The number of aliphatic carboxylic acids is 1. The summed E-state index contributed by atoms with van der Waals surface area (Å²) < 4.78 is 0. The van der Waals surface area contributed by atoms with Crippen molar-refractivity contribution in [3.05, 3.63) is 35.9 Å². The number of hydrogen-bond acceptors (Lipinski definition) is 4. The van der Waals surface area contributed by atoms with Gasteiger partial charge in [0, 0.05) is 0 Å². The van der Waals surface area contributed by atoms with Crippen LogP contribution in [-0.4, -0.2) is 29.8 Å². The van der Waals surface area contributed by atoms with E-state index in [0.29, 0.717) is 0 Å². The second-order valence-corrected chi connectivity index (χ2v) is 3.01. The van der Waals surface area contributed by atoms with Gasteiger partial charge < -0.3 is 10.8 Å². The lowest BCUT2D eigenvalue weighted by molar-refractivity contribution is -0.136. The van der Waals surface area contributed by atoms with E-state index >= 15 is 0 Å². The van der Waals surface area contributed by atoms with Gasteiger partial charge in [0.05, 0.1) is 6.21 Å². The van der Waals surface area contributed by atoms with Gasteiger partial charge in [-0.3, -0.25) is 10.2 Å². The molecule has 0 heterocycles. The average molecular weight is 235 g/mol. The Labute approximate surface area is 98.0 Å². The minimum Gasteiger partial charge on any atom is -0.480 e. The first-order valence-corrected chi connectivity index (χ1v) is 4.80. The summed E-state index contributed by atoms with van der Waals surface area (Å²) in [6.07, 6.45) is 1.53. The van der Waals surface area contributed by atoms with Crippen LogP contribution in [0.5, 0.6) is 0 Å². The lowest BCUT2D eigenvalue weighted by Gasteiger charge is -2.02. The maximum Gasteiger partial charge on any atom is 0.319 e. The van der Waals surface area contributed by atoms with Crippen LogP contribution in [0, 0.1) is 0 Å². The number of rotatable bonds is 5. The molecule has 0 saturated carbocycles. The Bertz CT molecular complexity index is 416. The molecule has 1 aromatic rings. The van der Waals surface area contributed by atoms with E-state index in [2.05, 4.69) is 21.1 Å². The Morgan fingerprint density at radius 2 is 2.12 bits per heavy atom. The summed E-state index contributed by atoms with van der Waals surface area (Å²) in [6, 6.07) is 9.38. The van der Waals surface area contributed by atoms with Gasteiger partial charge in [0.15, 0.2) is 0 Å². The van der Waals surface area contributed by atoms with Crippen molar-refractivity contribution in [2.45, 2.75) is 0 Å². The predicted molar refractivity (Wildman–Crippen MR) is 64.4 cm³/mol. The molecule has 0 radical (unpaired) electrons. The van der Waals surface area contributed by atoms with E-state index in [0.717, 1.165) is 5.56 Å². The normalized spacial score (nSPS) is 11.6. The standard InChI is InChI=1S/C10H13N5O2/c11-10(15-13-7-9(16)17)14-12-6-8-4-2-1-3-5-8/h1-6,13H,7H2,(H,16,17)(H3,11,14,15)/b12-6-. The second-order valence-electron chi connectivity index (χ2n) is 3.01. The predicted octanol–water partition coefficient (Wildman–Crippen LogP) is -0.486. The van der Waals surface area contributed by atoms with E-state index in [-0.39, 0.29) is 12.5 Å². The quantitative estimate of drug-likeness (QED) is 0.312. The van der Waals surface area contributed by atoms with Gasteiger partial charge in [0.25, 0.3) is 0 Å². The number of carboxylic acid groups (broad SMARTS) is 1. The van der Waals surface area contributed by atoms with Crippen LogP contribution >= 0.6 is 0 Å². The van der Waals surface area contributed by atoms with Crippen LogP contribution in [0.3, 0.4) is 0 Å². The number of nitrogens with zero attached hydrogens (tertiary/aromatic N) is 2. The molecule has 0 bridgehead atoms. The summed E-state index contributed by atoms with van der Waals surface area (Å²) in [4.78, 5) is 10.2. The number of hydrogen-bond donors (Lipinski definition) is 4. The van der Waals surface area contributed by atoms with E-state index < -0.39 is 5.97 Å². The smallest absolute Gasteiger partial charge is 0.319 e. The number of hydrazine groups is 1. The first kappa shape index (κ1) is 12.7. The maximum atomic E-state index is 10.2. The Kier molecular flexibility index (Phi) is 5.18. The Morgan fingerprint density at radius 1 is 1.41 bits per heavy atom. The monoisotopic (exact) mass is 235 g/mol. The van der Waals surface area contributed by atoms with Crippen LogP contribution in [0.4, 0.5) is 0 Å². The summed E-state index contributed by atoms with van der Waals surface area (Å²) in [7, 11) is 0. The molecule has 0 spiro atoms. The summed E-state index contributed by atoms with van der Waals surface area (Å²) in [5, 5.41) is 15.7. The Morgan fingerprint density at radius 3 is 2.76 bits per heavy atom. The fourth-order valence-electron chi connectivity index (χ4n) is 0.932. The van der Waals surface area contributed by atoms with Gasteiger partial charge in [0.2, 0.25) is 5.96 Å².